The summed E-state index contributed by atoms with van der Waals surface area (Å²) in [5.41, 5.74) is 7.01. The van der Waals surface area contributed by atoms with Gasteiger partial charge in [0, 0.05) is 22.2 Å². The van der Waals surface area contributed by atoms with Gasteiger partial charge in [-0.1, -0.05) is 32.4 Å². The maximum absolute atomic E-state index is 12.9. The molecule has 126 valence electrons. The van der Waals surface area contributed by atoms with Gasteiger partial charge in [0.25, 0.3) is 5.91 Å². The van der Waals surface area contributed by atoms with Crippen LogP contribution in [0.15, 0.2) is 29.2 Å². The Labute approximate surface area is 143 Å². The first-order chi connectivity index (χ1) is 11.0. The number of hydrogen-bond donors (Lipinski definition) is 2. The Hall–Kier alpha value is -1.00. The molecule has 1 amide bonds. The summed E-state index contributed by atoms with van der Waals surface area (Å²) in [6, 6.07) is 8.60. The molecule has 2 atom stereocenters. The van der Waals surface area contributed by atoms with Crippen molar-refractivity contribution in [2.75, 3.05) is 0 Å². The van der Waals surface area contributed by atoms with Crippen molar-refractivity contribution < 1.29 is 4.79 Å². The summed E-state index contributed by atoms with van der Waals surface area (Å²) in [6.45, 7) is 4.32. The topological polar surface area (TPSA) is 55.1 Å². The summed E-state index contributed by atoms with van der Waals surface area (Å²) >= 11 is 1.76. The van der Waals surface area contributed by atoms with Gasteiger partial charge < -0.3 is 11.1 Å². The van der Waals surface area contributed by atoms with Crippen LogP contribution in [-0.2, 0) is 0 Å². The van der Waals surface area contributed by atoms with E-state index < -0.39 is 0 Å². The highest BCUT2D eigenvalue weighted by Gasteiger charge is 2.40. The molecule has 3 rings (SSSR count). The summed E-state index contributed by atoms with van der Waals surface area (Å²) in [7, 11) is 0. The third kappa shape index (κ3) is 3.92. The molecule has 3 nitrogen and oxygen atoms in total. The molecule has 2 unspecified atom stereocenters. The molecule has 1 aromatic carbocycles. The number of carbonyl (C=O) groups excluding carboxylic acids is 1. The number of rotatable bonds is 4. The van der Waals surface area contributed by atoms with Gasteiger partial charge in [-0.15, -0.1) is 11.8 Å². The predicted octanol–water partition coefficient (Wildman–Crippen LogP) is 3.82. The quantitative estimate of drug-likeness (QED) is 0.824. The zero-order chi connectivity index (χ0) is 16.4. The van der Waals surface area contributed by atoms with Crippen LogP contribution in [0.4, 0.5) is 0 Å². The molecule has 2 aliphatic rings. The van der Waals surface area contributed by atoms with Crippen molar-refractivity contribution in [1.29, 1.82) is 0 Å². The van der Waals surface area contributed by atoms with E-state index in [4.69, 9.17) is 5.73 Å². The number of nitrogens with one attached hydrogen (secondary N) is 1. The first-order valence-electron chi connectivity index (χ1n) is 8.86. The zero-order valence-corrected chi connectivity index (χ0v) is 14.9. The second-order valence-corrected chi connectivity index (χ2v) is 8.96. The molecule has 4 heteroatoms. The van der Waals surface area contributed by atoms with E-state index in [1.165, 1.54) is 19.3 Å². The summed E-state index contributed by atoms with van der Waals surface area (Å²) in [5, 5.41) is 3.83. The van der Waals surface area contributed by atoms with Crippen LogP contribution in [0.25, 0.3) is 0 Å². The molecule has 0 aromatic heterocycles. The van der Waals surface area contributed by atoms with E-state index in [2.05, 4.69) is 25.2 Å². The van der Waals surface area contributed by atoms with Crippen molar-refractivity contribution in [3.8, 4) is 0 Å². The Bertz CT molecular complexity index is 546. The normalized spacial score (nSPS) is 30.3. The van der Waals surface area contributed by atoms with E-state index in [0.717, 1.165) is 23.3 Å². The Morgan fingerprint density at radius 2 is 1.87 bits per heavy atom. The Balaban J connectivity index is 1.74. The van der Waals surface area contributed by atoms with Crippen LogP contribution in [-0.4, -0.2) is 23.2 Å². The largest absolute Gasteiger partial charge is 0.349 e. The van der Waals surface area contributed by atoms with Crippen LogP contribution in [0.3, 0.4) is 0 Å². The van der Waals surface area contributed by atoms with E-state index >= 15 is 0 Å². The molecule has 0 radical (unpaired) electrons. The molecule has 2 bridgehead atoms. The van der Waals surface area contributed by atoms with Crippen LogP contribution in [0, 0.1) is 11.8 Å². The van der Waals surface area contributed by atoms with Crippen molar-refractivity contribution in [2.45, 2.75) is 68.2 Å². The van der Waals surface area contributed by atoms with E-state index in [1.54, 1.807) is 11.8 Å². The van der Waals surface area contributed by atoms with E-state index in [0.29, 0.717) is 29.2 Å². The molecule has 0 spiro atoms. The van der Waals surface area contributed by atoms with E-state index in [1.807, 2.05) is 18.2 Å². The fourth-order valence-corrected chi connectivity index (χ4v) is 5.22. The summed E-state index contributed by atoms with van der Waals surface area (Å²) < 4.78 is 0. The summed E-state index contributed by atoms with van der Waals surface area (Å²) in [5.74, 6) is 1.21. The number of thioether (sulfide) groups is 1. The van der Waals surface area contributed by atoms with Crippen molar-refractivity contribution in [2.24, 2.45) is 17.6 Å². The molecule has 1 aromatic rings. The minimum absolute atomic E-state index is 0.0890. The van der Waals surface area contributed by atoms with Gasteiger partial charge in [-0.25, -0.2) is 0 Å². The second kappa shape index (κ2) is 7.27. The van der Waals surface area contributed by atoms with E-state index in [9.17, 15) is 4.79 Å². The molecular formula is C19H28N2OS. The standard InChI is InChI=1S/C19H28N2OS/c1-12(2)23-17-9-4-3-8-16(17)19(22)21-18-13-6-5-7-14(18)11-15(20)10-13/h3-4,8-9,12-15,18H,5-7,10-11,20H2,1-2H3,(H,21,22). The molecule has 2 saturated carbocycles. The molecule has 0 heterocycles. The van der Waals surface area contributed by atoms with Crippen LogP contribution in [0.5, 0.6) is 0 Å². The monoisotopic (exact) mass is 332 g/mol. The molecular weight excluding hydrogens is 304 g/mol. The van der Waals surface area contributed by atoms with Crippen LogP contribution in [0.2, 0.25) is 0 Å². The lowest BCUT2D eigenvalue weighted by Crippen LogP contribution is -2.53. The summed E-state index contributed by atoms with van der Waals surface area (Å²) in [4.78, 5) is 14.0. The lowest BCUT2D eigenvalue weighted by Gasteiger charge is -2.45. The lowest BCUT2D eigenvalue weighted by molar-refractivity contribution is 0.0753. The number of fused-ring (bicyclic) bond motifs is 2. The van der Waals surface area contributed by atoms with Gasteiger partial charge in [-0.05, 0) is 49.7 Å². The number of benzene rings is 1. The first-order valence-corrected chi connectivity index (χ1v) is 9.74. The van der Waals surface area contributed by atoms with Crippen LogP contribution < -0.4 is 11.1 Å². The fraction of sp³-hybridized carbons (Fsp3) is 0.632. The third-order valence-corrected chi connectivity index (χ3v) is 6.25. The van der Waals surface area contributed by atoms with Gasteiger partial charge in [0.1, 0.15) is 0 Å². The average molecular weight is 333 g/mol. The van der Waals surface area contributed by atoms with Crippen molar-refractivity contribution in [3.63, 3.8) is 0 Å². The molecule has 2 aliphatic carbocycles. The maximum atomic E-state index is 12.9. The smallest absolute Gasteiger partial charge is 0.252 e. The highest BCUT2D eigenvalue weighted by molar-refractivity contribution is 8.00. The number of hydrogen-bond acceptors (Lipinski definition) is 3. The highest BCUT2D eigenvalue weighted by Crippen LogP contribution is 2.40. The van der Waals surface area contributed by atoms with Gasteiger partial charge in [0.15, 0.2) is 0 Å². The van der Waals surface area contributed by atoms with Crippen LogP contribution >= 0.6 is 11.8 Å². The molecule has 2 fully saturated rings. The Morgan fingerprint density at radius 1 is 1.22 bits per heavy atom. The average Bonchev–Trinajstić information content (AvgIpc) is 2.48. The minimum atomic E-state index is 0.0890. The van der Waals surface area contributed by atoms with Gasteiger partial charge in [-0.2, -0.15) is 0 Å². The SMILES string of the molecule is CC(C)Sc1ccccc1C(=O)NC1C2CCCC1CC(N)C2. The van der Waals surface area contributed by atoms with Crippen LogP contribution in [0.1, 0.15) is 56.3 Å². The number of carbonyl (C=O) groups is 1. The van der Waals surface area contributed by atoms with Crippen molar-refractivity contribution in [3.05, 3.63) is 29.8 Å². The van der Waals surface area contributed by atoms with Gasteiger partial charge in [0.2, 0.25) is 0 Å². The molecule has 0 saturated heterocycles. The van der Waals surface area contributed by atoms with Crippen molar-refractivity contribution in [1.82, 2.24) is 5.32 Å². The lowest BCUT2D eigenvalue weighted by atomic mass is 9.67. The van der Waals surface area contributed by atoms with Crippen molar-refractivity contribution >= 4 is 17.7 Å². The first kappa shape index (κ1) is 16.8. The third-order valence-electron chi connectivity index (χ3n) is 5.17. The number of nitrogens with two attached hydrogens (primary N) is 1. The molecule has 3 N–H and O–H groups in total. The second-order valence-electron chi connectivity index (χ2n) is 7.34. The zero-order valence-electron chi connectivity index (χ0n) is 14.1. The highest BCUT2D eigenvalue weighted by atomic mass is 32.2. The fourth-order valence-electron chi connectivity index (χ4n) is 4.26. The Kier molecular flexibility index (Phi) is 5.32. The predicted molar refractivity (Wildman–Crippen MR) is 96.7 cm³/mol. The number of amides is 1. The van der Waals surface area contributed by atoms with Gasteiger partial charge >= 0.3 is 0 Å². The van der Waals surface area contributed by atoms with E-state index in [-0.39, 0.29) is 5.91 Å². The Morgan fingerprint density at radius 3 is 2.52 bits per heavy atom. The van der Waals surface area contributed by atoms with Gasteiger partial charge in [0.05, 0.1) is 5.56 Å². The minimum Gasteiger partial charge on any atom is -0.349 e. The van der Waals surface area contributed by atoms with Gasteiger partial charge in [-0.3, -0.25) is 4.79 Å². The molecule has 0 aliphatic heterocycles. The molecule has 23 heavy (non-hydrogen) atoms. The summed E-state index contributed by atoms with van der Waals surface area (Å²) in [6.07, 6.45) is 5.82. The maximum Gasteiger partial charge on any atom is 0.252 e.